The van der Waals surface area contributed by atoms with Crippen LogP contribution in [0.1, 0.15) is 19.3 Å². The summed E-state index contributed by atoms with van der Waals surface area (Å²) in [4.78, 5) is 0. The zero-order chi connectivity index (χ0) is 11.1. The Balaban J connectivity index is 2.67. The summed E-state index contributed by atoms with van der Waals surface area (Å²) in [5, 5.41) is 13.6. The van der Waals surface area contributed by atoms with Gasteiger partial charge in [-0.05, 0) is 37.6 Å². The minimum atomic E-state index is -0.576. The van der Waals surface area contributed by atoms with Crippen molar-refractivity contribution in [3.8, 4) is 0 Å². The Labute approximate surface area is 91.7 Å². The molecule has 1 aliphatic heterocycles. The Kier molecular flexibility index (Phi) is 4.57. The maximum Gasteiger partial charge on any atom is 0.0712 e. The highest BCUT2D eigenvalue weighted by Gasteiger charge is 2.29. The summed E-state index contributed by atoms with van der Waals surface area (Å²) in [7, 11) is 0. The normalized spacial score (nSPS) is 20.5. The lowest BCUT2D eigenvalue weighted by atomic mass is 9.86. The van der Waals surface area contributed by atoms with E-state index in [1.165, 1.54) is 0 Å². The van der Waals surface area contributed by atoms with Gasteiger partial charge in [0, 0.05) is 6.42 Å². The second kappa shape index (κ2) is 5.72. The molecular formula is C13H19NO. The third kappa shape index (κ3) is 3.88. The largest absolute Gasteiger partial charge is 0.389 e. The molecule has 1 heterocycles. The number of allylic oxidation sites excluding steroid dienone is 3. The molecule has 1 saturated heterocycles. The first-order valence-corrected chi connectivity index (χ1v) is 5.31. The maximum absolute atomic E-state index is 10.3. The summed E-state index contributed by atoms with van der Waals surface area (Å²) in [6, 6.07) is 0. The van der Waals surface area contributed by atoms with Crippen molar-refractivity contribution in [2.24, 2.45) is 0 Å². The molecule has 82 valence electrons. The third-order valence-corrected chi connectivity index (χ3v) is 2.69. The van der Waals surface area contributed by atoms with E-state index >= 15 is 0 Å². The highest BCUT2D eigenvalue weighted by molar-refractivity contribution is 5.24. The summed E-state index contributed by atoms with van der Waals surface area (Å²) in [6.07, 6.45) is 7.69. The molecule has 0 bridgehead atoms. The first-order valence-electron chi connectivity index (χ1n) is 5.31. The average molecular weight is 205 g/mol. The molecule has 0 amide bonds. The number of nitrogens with one attached hydrogen (secondary N) is 1. The van der Waals surface area contributed by atoms with Crippen molar-refractivity contribution in [3.05, 3.63) is 42.7 Å². The standard InChI is InChI=1S/C13H19NO/c1-3-5-12(6-4-2)11-13(15)7-9-14-10-8-13/h3,5-6,14-15H,1-2,7-11H2/b12-5+. The predicted octanol–water partition coefficient (Wildman–Crippen LogP) is 1.94. The van der Waals surface area contributed by atoms with E-state index in [1.807, 2.05) is 12.2 Å². The number of hydrogen-bond acceptors (Lipinski definition) is 2. The molecule has 0 atom stereocenters. The molecule has 1 aliphatic rings. The molecule has 0 aromatic carbocycles. The van der Waals surface area contributed by atoms with Gasteiger partial charge in [0.2, 0.25) is 0 Å². The maximum atomic E-state index is 10.3. The van der Waals surface area contributed by atoms with E-state index in [9.17, 15) is 5.11 Å². The summed E-state index contributed by atoms with van der Waals surface area (Å²) in [5.41, 5.74) is 3.20. The predicted molar refractivity (Wildman–Crippen MR) is 63.7 cm³/mol. The average Bonchev–Trinajstić information content (AvgIpc) is 2.19. The van der Waals surface area contributed by atoms with Crippen molar-refractivity contribution in [3.63, 3.8) is 0 Å². The van der Waals surface area contributed by atoms with Gasteiger partial charge in [-0.2, -0.15) is 0 Å². The highest BCUT2D eigenvalue weighted by Crippen LogP contribution is 2.26. The van der Waals surface area contributed by atoms with Crippen molar-refractivity contribution >= 4 is 0 Å². The van der Waals surface area contributed by atoms with Crippen molar-refractivity contribution in [2.75, 3.05) is 13.1 Å². The number of hydrogen-bond donors (Lipinski definition) is 2. The van der Waals surface area contributed by atoms with E-state index < -0.39 is 5.60 Å². The Hall–Kier alpha value is -1.08. The van der Waals surface area contributed by atoms with Gasteiger partial charge in [-0.1, -0.05) is 25.3 Å². The fraction of sp³-hybridized carbons (Fsp3) is 0.462. The molecule has 1 fully saturated rings. The van der Waals surface area contributed by atoms with E-state index in [0.717, 1.165) is 31.5 Å². The lowest BCUT2D eigenvalue weighted by Crippen LogP contribution is -2.41. The van der Waals surface area contributed by atoms with Gasteiger partial charge in [0.05, 0.1) is 5.60 Å². The van der Waals surface area contributed by atoms with E-state index in [0.29, 0.717) is 6.42 Å². The number of aliphatic hydroxyl groups is 1. The lowest BCUT2D eigenvalue weighted by molar-refractivity contribution is 0.0116. The van der Waals surface area contributed by atoms with Crippen LogP contribution in [-0.4, -0.2) is 23.8 Å². The molecule has 0 unspecified atom stereocenters. The monoisotopic (exact) mass is 205 g/mol. The summed E-state index contributed by atoms with van der Waals surface area (Å²) in [6.45, 7) is 8.98. The molecular weight excluding hydrogens is 186 g/mol. The van der Waals surface area contributed by atoms with Crippen molar-refractivity contribution in [2.45, 2.75) is 24.9 Å². The molecule has 2 heteroatoms. The highest BCUT2D eigenvalue weighted by atomic mass is 16.3. The lowest BCUT2D eigenvalue weighted by Gasteiger charge is -2.32. The van der Waals surface area contributed by atoms with E-state index in [-0.39, 0.29) is 0 Å². The number of piperidine rings is 1. The molecule has 0 spiro atoms. The topological polar surface area (TPSA) is 32.3 Å². The van der Waals surface area contributed by atoms with Crippen LogP contribution in [-0.2, 0) is 0 Å². The number of rotatable bonds is 4. The van der Waals surface area contributed by atoms with Crippen LogP contribution in [0.25, 0.3) is 0 Å². The SMILES string of the molecule is C=C=C/C(=C\C=C)CC1(O)CCNCC1. The first-order chi connectivity index (χ1) is 7.20. The van der Waals surface area contributed by atoms with Gasteiger partial charge in [0.25, 0.3) is 0 Å². The molecule has 0 aromatic rings. The zero-order valence-electron chi connectivity index (χ0n) is 9.13. The van der Waals surface area contributed by atoms with Crippen LogP contribution in [0.15, 0.2) is 42.7 Å². The first kappa shape index (κ1) is 12.0. The van der Waals surface area contributed by atoms with E-state index in [2.05, 4.69) is 24.2 Å². The van der Waals surface area contributed by atoms with Crippen LogP contribution in [0, 0.1) is 0 Å². The van der Waals surface area contributed by atoms with Crippen molar-refractivity contribution < 1.29 is 5.11 Å². The minimum Gasteiger partial charge on any atom is -0.389 e. The molecule has 0 aromatic heterocycles. The van der Waals surface area contributed by atoms with Crippen LogP contribution >= 0.6 is 0 Å². The van der Waals surface area contributed by atoms with Gasteiger partial charge in [0.1, 0.15) is 0 Å². The quantitative estimate of drug-likeness (QED) is 0.543. The van der Waals surface area contributed by atoms with E-state index in [1.54, 1.807) is 6.08 Å². The molecule has 1 rings (SSSR count). The van der Waals surface area contributed by atoms with Crippen LogP contribution in [0.5, 0.6) is 0 Å². The molecule has 0 radical (unpaired) electrons. The molecule has 2 nitrogen and oxygen atoms in total. The van der Waals surface area contributed by atoms with Gasteiger partial charge >= 0.3 is 0 Å². The van der Waals surface area contributed by atoms with Gasteiger partial charge in [-0.25, -0.2) is 0 Å². The fourth-order valence-corrected chi connectivity index (χ4v) is 1.89. The molecule has 0 saturated carbocycles. The van der Waals surface area contributed by atoms with Crippen LogP contribution < -0.4 is 5.32 Å². The Morgan fingerprint density at radius 2 is 2.13 bits per heavy atom. The molecule has 2 N–H and O–H groups in total. The van der Waals surface area contributed by atoms with E-state index in [4.69, 9.17) is 0 Å². The van der Waals surface area contributed by atoms with Crippen molar-refractivity contribution in [1.29, 1.82) is 0 Å². The molecule has 0 aliphatic carbocycles. The third-order valence-electron chi connectivity index (χ3n) is 2.69. The summed E-state index contributed by atoms with van der Waals surface area (Å²) in [5.74, 6) is 0. The Morgan fingerprint density at radius 1 is 1.47 bits per heavy atom. The zero-order valence-corrected chi connectivity index (χ0v) is 9.13. The van der Waals surface area contributed by atoms with Gasteiger partial charge in [0.15, 0.2) is 0 Å². The fourth-order valence-electron chi connectivity index (χ4n) is 1.89. The second-order valence-electron chi connectivity index (χ2n) is 3.98. The second-order valence-corrected chi connectivity index (χ2v) is 3.98. The summed E-state index contributed by atoms with van der Waals surface area (Å²) >= 11 is 0. The molecule has 15 heavy (non-hydrogen) atoms. The summed E-state index contributed by atoms with van der Waals surface area (Å²) < 4.78 is 0. The van der Waals surface area contributed by atoms with Gasteiger partial charge in [-0.3, -0.25) is 0 Å². The minimum absolute atomic E-state index is 0.576. The Morgan fingerprint density at radius 3 is 2.67 bits per heavy atom. The van der Waals surface area contributed by atoms with Gasteiger partial charge < -0.3 is 10.4 Å². The van der Waals surface area contributed by atoms with Crippen LogP contribution in [0.3, 0.4) is 0 Å². The smallest absolute Gasteiger partial charge is 0.0712 e. The Bertz CT molecular complexity index is 292. The van der Waals surface area contributed by atoms with Crippen LogP contribution in [0.4, 0.5) is 0 Å². The van der Waals surface area contributed by atoms with Crippen molar-refractivity contribution in [1.82, 2.24) is 5.32 Å². The van der Waals surface area contributed by atoms with Crippen LogP contribution in [0.2, 0.25) is 0 Å². The van der Waals surface area contributed by atoms with Gasteiger partial charge in [-0.15, -0.1) is 5.73 Å².